The van der Waals surface area contributed by atoms with Crippen LogP contribution in [0.4, 0.5) is 0 Å². The molecule has 2 bridgehead atoms. The summed E-state index contributed by atoms with van der Waals surface area (Å²) in [5, 5.41) is 8.92. The Morgan fingerprint density at radius 1 is 1.03 bits per heavy atom. The van der Waals surface area contributed by atoms with Crippen LogP contribution in [0.25, 0.3) is 16.8 Å². The maximum Gasteiger partial charge on any atom is 0.228 e. The third-order valence-corrected chi connectivity index (χ3v) is 9.25. The van der Waals surface area contributed by atoms with Crippen molar-refractivity contribution in [2.24, 2.45) is 5.73 Å². The first-order valence-electron chi connectivity index (χ1n) is 10.7. The normalized spacial score (nSPS) is 26.1. The van der Waals surface area contributed by atoms with Crippen LogP contribution in [0.5, 0.6) is 0 Å². The van der Waals surface area contributed by atoms with E-state index in [1.807, 2.05) is 16.5 Å². The number of aromatic nitrogens is 5. The van der Waals surface area contributed by atoms with E-state index in [-0.39, 0.29) is 26.5 Å². The molecule has 3 aliphatic rings. The van der Waals surface area contributed by atoms with E-state index in [0.29, 0.717) is 11.2 Å². The summed E-state index contributed by atoms with van der Waals surface area (Å²) < 4.78 is 29.2. The van der Waals surface area contributed by atoms with Crippen molar-refractivity contribution in [3.63, 3.8) is 0 Å². The number of sulfone groups is 1. The molecule has 3 aliphatic carbocycles. The molecule has 0 aliphatic heterocycles. The highest BCUT2D eigenvalue weighted by molar-refractivity contribution is 7.91. The van der Waals surface area contributed by atoms with E-state index in [9.17, 15) is 8.42 Å². The van der Waals surface area contributed by atoms with Crippen LogP contribution in [0.2, 0.25) is 0 Å². The van der Waals surface area contributed by atoms with Gasteiger partial charge in [-0.3, -0.25) is 4.40 Å². The molecule has 160 valence electrons. The largest absolute Gasteiger partial charge is 0.345 e. The minimum absolute atomic E-state index is 0.0630. The number of rotatable bonds is 3. The number of nitrogens with two attached hydrogens (primary N) is 1. The standard InChI is InChI=1S/C22H24N6O2S/c1-14-4-2-3-5-16(14)31(29,30)19-18-26-27-20(28(18)15-6-13-24-17(15)25-19)21-7-10-22(23,11-8-21)12-9-21/h2-6,13,24H,7-12,23H2,1H3. The average Bonchev–Trinajstić information content (AvgIpc) is 3.41. The third-order valence-electron chi connectivity index (χ3n) is 7.43. The van der Waals surface area contributed by atoms with E-state index in [2.05, 4.69) is 20.2 Å². The van der Waals surface area contributed by atoms with Crippen molar-refractivity contribution in [3.05, 3.63) is 47.9 Å². The second-order valence-corrected chi connectivity index (χ2v) is 11.1. The van der Waals surface area contributed by atoms with E-state index in [4.69, 9.17) is 5.73 Å². The number of nitrogens with one attached hydrogen (secondary N) is 1. The van der Waals surface area contributed by atoms with Gasteiger partial charge < -0.3 is 10.7 Å². The van der Waals surface area contributed by atoms with E-state index >= 15 is 0 Å². The van der Waals surface area contributed by atoms with Crippen molar-refractivity contribution in [3.8, 4) is 0 Å². The zero-order valence-corrected chi connectivity index (χ0v) is 18.1. The molecule has 3 saturated carbocycles. The quantitative estimate of drug-likeness (QED) is 0.509. The fraction of sp³-hybridized carbons (Fsp3) is 0.409. The van der Waals surface area contributed by atoms with Crippen LogP contribution in [0, 0.1) is 6.92 Å². The Labute approximate surface area is 179 Å². The average molecular weight is 437 g/mol. The summed E-state index contributed by atoms with van der Waals surface area (Å²) in [7, 11) is -3.88. The van der Waals surface area contributed by atoms with Crippen LogP contribution >= 0.6 is 0 Å². The summed E-state index contributed by atoms with van der Waals surface area (Å²) in [6.07, 6.45) is 7.47. The summed E-state index contributed by atoms with van der Waals surface area (Å²) in [6.45, 7) is 1.79. The van der Waals surface area contributed by atoms with Gasteiger partial charge in [-0.1, -0.05) is 18.2 Å². The van der Waals surface area contributed by atoms with Crippen LogP contribution in [-0.4, -0.2) is 38.5 Å². The SMILES string of the molecule is Cc1ccccc1S(=O)(=O)c1nc2[nH]ccc2n2c(C34CCC(N)(CC3)CC4)nnc12. The van der Waals surface area contributed by atoms with Crippen LogP contribution < -0.4 is 5.73 Å². The molecule has 31 heavy (non-hydrogen) atoms. The Balaban J connectivity index is 1.63. The van der Waals surface area contributed by atoms with Crippen molar-refractivity contribution < 1.29 is 8.42 Å². The van der Waals surface area contributed by atoms with Crippen molar-refractivity contribution in [1.29, 1.82) is 0 Å². The zero-order valence-electron chi connectivity index (χ0n) is 17.3. The van der Waals surface area contributed by atoms with Crippen molar-refractivity contribution >= 4 is 26.6 Å². The van der Waals surface area contributed by atoms with Crippen LogP contribution in [0.3, 0.4) is 0 Å². The lowest BCUT2D eigenvalue weighted by Crippen LogP contribution is -2.54. The first kappa shape index (κ1) is 18.9. The molecule has 0 saturated heterocycles. The maximum atomic E-state index is 13.6. The molecule has 3 N–H and O–H groups in total. The van der Waals surface area contributed by atoms with Gasteiger partial charge in [0.1, 0.15) is 5.82 Å². The number of aromatic amines is 1. The third kappa shape index (κ3) is 2.56. The van der Waals surface area contributed by atoms with E-state index < -0.39 is 9.84 Å². The Bertz CT molecular complexity index is 1430. The molecule has 9 heteroatoms. The van der Waals surface area contributed by atoms with Gasteiger partial charge in [0.15, 0.2) is 11.3 Å². The van der Waals surface area contributed by atoms with Gasteiger partial charge in [0, 0.05) is 17.2 Å². The van der Waals surface area contributed by atoms with Gasteiger partial charge in [-0.05, 0) is 63.1 Å². The molecule has 0 spiro atoms. The smallest absolute Gasteiger partial charge is 0.228 e. The fourth-order valence-corrected chi connectivity index (χ4v) is 7.00. The molecule has 4 aromatic rings. The number of nitrogens with zero attached hydrogens (tertiary/aromatic N) is 4. The molecule has 8 nitrogen and oxygen atoms in total. The Morgan fingerprint density at radius 2 is 1.74 bits per heavy atom. The van der Waals surface area contributed by atoms with Crippen molar-refractivity contribution in [2.75, 3.05) is 0 Å². The van der Waals surface area contributed by atoms with Gasteiger partial charge in [-0.25, -0.2) is 13.4 Å². The predicted octanol–water partition coefficient (Wildman–Crippen LogP) is 3.05. The highest BCUT2D eigenvalue weighted by Crippen LogP contribution is 2.52. The summed E-state index contributed by atoms with van der Waals surface area (Å²) in [6, 6.07) is 8.85. The van der Waals surface area contributed by atoms with Crippen LogP contribution in [0.15, 0.2) is 46.5 Å². The molecular weight excluding hydrogens is 412 g/mol. The first-order valence-corrected chi connectivity index (χ1v) is 12.1. The van der Waals surface area contributed by atoms with Gasteiger partial charge in [-0.2, -0.15) is 0 Å². The lowest BCUT2D eigenvalue weighted by atomic mass is 9.57. The number of benzene rings is 1. The molecule has 0 unspecified atom stereocenters. The molecule has 3 heterocycles. The van der Waals surface area contributed by atoms with Gasteiger partial charge in [-0.15, -0.1) is 10.2 Å². The monoisotopic (exact) mass is 436 g/mol. The minimum Gasteiger partial charge on any atom is -0.345 e. The number of H-pyrrole nitrogens is 1. The first-order chi connectivity index (χ1) is 14.8. The molecule has 0 radical (unpaired) electrons. The molecule has 0 amide bonds. The predicted molar refractivity (Wildman–Crippen MR) is 116 cm³/mol. The second-order valence-electron chi connectivity index (χ2n) is 9.22. The summed E-state index contributed by atoms with van der Waals surface area (Å²) in [4.78, 5) is 7.82. The molecule has 7 rings (SSSR count). The van der Waals surface area contributed by atoms with Gasteiger partial charge in [0.2, 0.25) is 14.9 Å². The minimum atomic E-state index is -3.88. The molecule has 3 aromatic heterocycles. The maximum absolute atomic E-state index is 13.6. The summed E-state index contributed by atoms with van der Waals surface area (Å²) >= 11 is 0. The van der Waals surface area contributed by atoms with Crippen LogP contribution in [0.1, 0.15) is 49.9 Å². The second kappa shape index (κ2) is 6.14. The molecule has 1 aromatic carbocycles. The summed E-state index contributed by atoms with van der Waals surface area (Å²) in [5.41, 5.74) is 8.59. The van der Waals surface area contributed by atoms with Crippen molar-refractivity contribution in [2.45, 2.75) is 66.3 Å². The topological polar surface area (TPSA) is 119 Å². The van der Waals surface area contributed by atoms with Gasteiger partial charge >= 0.3 is 0 Å². The summed E-state index contributed by atoms with van der Waals surface area (Å²) in [5.74, 6) is 0.831. The van der Waals surface area contributed by atoms with Gasteiger partial charge in [0.25, 0.3) is 0 Å². The molecular formula is C22H24N6O2S. The van der Waals surface area contributed by atoms with Crippen molar-refractivity contribution in [1.82, 2.24) is 24.6 Å². The number of hydrogen-bond acceptors (Lipinski definition) is 6. The Morgan fingerprint density at radius 3 is 2.45 bits per heavy atom. The number of aryl methyl sites for hydroxylation is 1. The molecule has 0 atom stereocenters. The lowest BCUT2D eigenvalue weighted by Gasteiger charge is -2.50. The number of hydrogen-bond donors (Lipinski definition) is 2. The van der Waals surface area contributed by atoms with E-state index in [0.717, 1.165) is 49.9 Å². The van der Waals surface area contributed by atoms with E-state index in [1.54, 1.807) is 31.3 Å². The highest BCUT2D eigenvalue weighted by Gasteiger charge is 2.50. The van der Waals surface area contributed by atoms with Gasteiger partial charge in [0.05, 0.1) is 10.4 Å². The van der Waals surface area contributed by atoms with Crippen LogP contribution in [-0.2, 0) is 15.3 Å². The lowest BCUT2D eigenvalue weighted by molar-refractivity contribution is 0.100. The Kier molecular flexibility index (Phi) is 3.75. The highest BCUT2D eigenvalue weighted by atomic mass is 32.2. The fourth-order valence-electron chi connectivity index (χ4n) is 5.46. The Hall–Kier alpha value is -2.78. The molecule has 3 fully saturated rings. The number of fused-ring (bicyclic) bond motifs is 6. The van der Waals surface area contributed by atoms with E-state index in [1.165, 1.54) is 0 Å². The zero-order chi connectivity index (χ0) is 21.4.